The maximum atomic E-state index is 13.2. The van der Waals surface area contributed by atoms with Crippen molar-refractivity contribution in [2.75, 3.05) is 27.2 Å². The van der Waals surface area contributed by atoms with E-state index in [0.717, 1.165) is 19.5 Å². The molecular weight excluding hydrogens is 260 g/mol. The third-order valence-corrected chi connectivity index (χ3v) is 6.53. The lowest BCUT2D eigenvalue weighted by Crippen LogP contribution is -2.51. The molecule has 1 aliphatic heterocycles. The molecule has 0 radical (unpaired) electrons. The smallest absolute Gasteiger partial charge is 0.226 e. The minimum absolute atomic E-state index is 0.297. The second-order valence-electron chi connectivity index (χ2n) is 8.04. The van der Waals surface area contributed by atoms with Gasteiger partial charge in [-0.1, -0.05) is 12.2 Å². The number of hydrogen-bond acceptors (Lipinski definition) is 2. The van der Waals surface area contributed by atoms with Crippen molar-refractivity contribution in [3.05, 3.63) is 12.2 Å². The van der Waals surface area contributed by atoms with Gasteiger partial charge in [-0.3, -0.25) is 4.79 Å². The molecule has 4 rings (SSSR count). The Morgan fingerprint density at radius 1 is 1.29 bits per heavy atom. The molecule has 116 valence electrons. The Hall–Kier alpha value is -0.830. The lowest BCUT2D eigenvalue weighted by atomic mass is 9.87. The van der Waals surface area contributed by atoms with Crippen LogP contribution >= 0.6 is 0 Å². The van der Waals surface area contributed by atoms with Crippen LogP contribution in [0.5, 0.6) is 0 Å². The van der Waals surface area contributed by atoms with Gasteiger partial charge in [-0.2, -0.15) is 0 Å². The average Bonchev–Trinajstić information content (AvgIpc) is 3.13. The molecule has 1 amide bonds. The van der Waals surface area contributed by atoms with E-state index in [4.69, 9.17) is 0 Å². The molecule has 4 aliphatic rings. The van der Waals surface area contributed by atoms with Crippen LogP contribution in [-0.4, -0.2) is 48.9 Å². The summed E-state index contributed by atoms with van der Waals surface area (Å²) in [5.74, 6) is 2.06. The van der Waals surface area contributed by atoms with E-state index >= 15 is 0 Å². The third kappa shape index (κ3) is 2.08. The molecule has 0 aromatic carbocycles. The van der Waals surface area contributed by atoms with E-state index in [-0.39, 0.29) is 0 Å². The number of likely N-dealkylation sites (tertiary alicyclic amines) is 1. The molecule has 3 fully saturated rings. The molecule has 2 bridgehead atoms. The number of piperidine rings is 1. The maximum Gasteiger partial charge on any atom is 0.226 e. The summed E-state index contributed by atoms with van der Waals surface area (Å²) in [5.41, 5.74) is 0.535. The lowest BCUT2D eigenvalue weighted by molar-refractivity contribution is -0.140. The number of carbonyl (C=O) groups excluding carboxylic acids is 1. The Bertz CT molecular complexity index is 466. The molecule has 0 unspecified atom stereocenters. The van der Waals surface area contributed by atoms with Gasteiger partial charge in [0.05, 0.1) is 0 Å². The summed E-state index contributed by atoms with van der Waals surface area (Å²) in [7, 11) is 4.24. The number of allylic oxidation sites excluding steroid dienone is 2. The van der Waals surface area contributed by atoms with E-state index in [2.05, 4.69) is 36.0 Å². The first-order valence-corrected chi connectivity index (χ1v) is 8.75. The van der Waals surface area contributed by atoms with Crippen molar-refractivity contribution in [3.8, 4) is 0 Å². The zero-order valence-electron chi connectivity index (χ0n) is 13.4. The Morgan fingerprint density at radius 2 is 2.10 bits per heavy atom. The number of rotatable bonds is 3. The molecule has 2 saturated carbocycles. The molecular formula is C18H28N2O. The van der Waals surface area contributed by atoms with Gasteiger partial charge >= 0.3 is 0 Å². The summed E-state index contributed by atoms with van der Waals surface area (Å²) >= 11 is 0. The summed E-state index contributed by atoms with van der Waals surface area (Å²) in [4.78, 5) is 17.7. The van der Waals surface area contributed by atoms with Gasteiger partial charge in [-0.15, -0.1) is 0 Å². The Labute approximate surface area is 128 Å². The molecule has 0 aromatic heterocycles. The van der Waals surface area contributed by atoms with E-state index in [1.807, 2.05) is 0 Å². The zero-order chi connectivity index (χ0) is 14.6. The molecule has 3 aliphatic carbocycles. The number of nitrogens with zero attached hydrogens (tertiary/aromatic N) is 2. The topological polar surface area (TPSA) is 23.6 Å². The van der Waals surface area contributed by atoms with Crippen LogP contribution in [0.25, 0.3) is 0 Å². The van der Waals surface area contributed by atoms with Gasteiger partial charge in [0, 0.05) is 25.0 Å². The highest BCUT2D eigenvalue weighted by molar-refractivity contribution is 5.81. The molecule has 1 heterocycles. The van der Waals surface area contributed by atoms with Crippen molar-refractivity contribution >= 4 is 5.91 Å². The molecule has 1 spiro atoms. The fraction of sp³-hybridized carbons (Fsp3) is 0.833. The van der Waals surface area contributed by atoms with Crippen LogP contribution in [0.2, 0.25) is 0 Å². The summed E-state index contributed by atoms with van der Waals surface area (Å²) < 4.78 is 0. The first-order valence-electron chi connectivity index (χ1n) is 8.75. The highest BCUT2D eigenvalue weighted by atomic mass is 16.2. The molecule has 4 atom stereocenters. The van der Waals surface area contributed by atoms with Gasteiger partial charge in [0.15, 0.2) is 0 Å². The quantitative estimate of drug-likeness (QED) is 0.745. The Balaban J connectivity index is 1.50. The van der Waals surface area contributed by atoms with E-state index in [0.29, 0.717) is 35.1 Å². The highest BCUT2D eigenvalue weighted by Crippen LogP contribution is 2.70. The molecule has 0 aromatic rings. The monoisotopic (exact) mass is 288 g/mol. The fourth-order valence-electron chi connectivity index (χ4n) is 5.37. The van der Waals surface area contributed by atoms with Gasteiger partial charge in [0.25, 0.3) is 0 Å². The fourth-order valence-corrected chi connectivity index (χ4v) is 5.37. The average molecular weight is 288 g/mol. The summed E-state index contributed by atoms with van der Waals surface area (Å²) in [6, 6.07) is 0.444. The van der Waals surface area contributed by atoms with Crippen molar-refractivity contribution < 1.29 is 4.79 Å². The normalized spacial score (nSPS) is 39.5. The van der Waals surface area contributed by atoms with Crippen molar-refractivity contribution in [1.29, 1.82) is 0 Å². The number of hydrogen-bond donors (Lipinski definition) is 0. The first kappa shape index (κ1) is 13.8. The van der Waals surface area contributed by atoms with E-state index in [9.17, 15) is 4.79 Å². The van der Waals surface area contributed by atoms with Crippen LogP contribution < -0.4 is 0 Å². The van der Waals surface area contributed by atoms with Crippen molar-refractivity contribution in [2.24, 2.45) is 23.2 Å². The summed E-state index contributed by atoms with van der Waals surface area (Å²) in [6.45, 7) is 2.01. The maximum absolute atomic E-state index is 13.2. The second-order valence-corrected chi connectivity index (χ2v) is 8.04. The van der Waals surface area contributed by atoms with Crippen LogP contribution in [0.3, 0.4) is 0 Å². The standard InChI is InChI=1S/C18H28N2O/c1-19(2)12-14-5-3-4-10-20(14)17(21)15-11-13-6-7-16(15)18(13)8-9-18/h6-7,13-16H,3-5,8-12H2,1-2H3/t13-,14-,15-,16-/m1/s1. The van der Waals surface area contributed by atoms with Gasteiger partial charge < -0.3 is 9.80 Å². The molecule has 3 heteroatoms. The SMILES string of the molecule is CN(C)C[C@H]1CCCCN1C(=O)[C@@H]1C[C@H]2C=C[C@H]1C21CC1. The first-order chi connectivity index (χ1) is 10.1. The van der Waals surface area contributed by atoms with Gasteiger partial charge in [0.1, 0.15) is 0 Å². The van der Waals surface area contributed by atoms with Crippen LogP contribution in [0.1, 0.15) is 38.5 Å². The predicted molar refractivity (Wildman–Crippen MR) is 83.8 cm³/mol. The largest absolute Gasteiger partial charge is 0.338 e. The second kappa shape index (κ2) is 4.84. The van der Waals surface area contributed by atoms with Gasteiger partial charge in [-0.05, 0) is 69.9 Å². The minimum Gasteiger partial charge on any atom is -0.338 e. The zero-order valence-corrected chi connectivity index (χ0v) is 13.4. The van der Waals surface area contributed by atoms with E-state index < -0.39 is 0 Å². The Kier molecular flexibility index (Phi) is 3.18. The molecule has 3 nitrogen and oxygen atoms in total. The van der Waals surface area contributed by atoms with E-state index in [1.54, 1.807) is 0 Å². The summed E-state index contributed by atoms with van der Waals surface area (Å²) in [6.07, 6.45) is 12.3. The highest BCUT2D eigenvalue weighted by Gasteiger charge is 2.64. The lowest BCUT2D eigenvalue weighted by Gasteiger charge is -2.39. The van der Waals surface area contributed by atoms with Crippen molar-refractivity contribution in [1.82, 2.24) is 9.80 Å². The number of carbonyl (C=O) groups is 1. The van der Waals surface area contributed by atoms with Crippen LogP contribution in [0.15, 0.2) is 12.2 Å². The van der Waals surface area contributed by atoms with Crippen molar-refractivity contribution in [3.63, 3.8) is 0 Å². The summed E-state index contributed by atoms with van der Waals surface area (Å²) in [5, 5.41) is 0. The number of amides is 1. The van der Waals surface area contributed by atoms with Gasteiger partial charge in [0.2, 0.25) is 5.91 Å². The molecule has 21 heavy (non-hydrogen) atoms. The van der Waals surface area contributed by atoms with E-state index in [1.165, 1.54) is 32.1 Å². The van der Waals surface area contributed by atoms with Crippen LogP contribution in [-0.2, 0) is 4.79 Å². The molecule has 0 N–H and O–H groups in total. The predicted octanol–water partition coefficient (Wildman–Crippen LogP) is 2.53. The third-order valence-electron chi connectivity index (χ3n) is 6.53. The van der Waals surface area contributed by atoms with Crippen LogP contribution in [0.4, 0.5) is 0 Å². The number of likely N-dealkylation sites (N-methyl/N-ethyl adjacent to an activating group) is 1. The van der Waals surface area contributed by atoms with Crippen molar-refractivity contribution in [2.45, 2.75) is 44.6 Å². The Morgan fingerprint density at radius 3 is 2.76 bits per heavy atom. The van der Waals surface area contributed by atoms with Gasteiger partial charge in [-0.25, -0.2) is 0 Å². The minimum atomic E-state index is 0.297. The molecule has 1 saturated heterocycles. The van der Waals surface area contributed by atoms with Crippen LogP contribution in [0, 0.1) is 23.2 Å².